The molecular weight excluding hydrogens is 314 g/mol. The van der Waals surface area contributed by atoms with Crippen LogP contribution in [0, 0.1) is 5.92 Å². The van der Waals surface area contributed by atoms with Crippen molar-refractivity contribution >= 4 is 11.6 Å². The minimum absolute atomic E-state index is 0.0278. The highest BCUT2D eigenvalue weighted by atomic mass is 16.2. The van der Waals surface area contributed by atoms with Crippen molar-refractivity contribution in [2.45, 2.75) is 19.5 Å². The van der Waals surface area contributed by atoms with Crippen molar-refractivity contribution in [3.8, 4) is 0 Å². The van der Waals surface area contributed by atoms with Gasteiger partial charge in [-0.1, -0.05) is 18.2 Å². The highest BCUT2D eigenvalue weighted by Crippen LogP contribution is 2.24. The number of rotatable bonds is 4. The number of imidazole rings is 1. The zero-order valence-corrected chi connectivity index (χ0v) is 14.7. The SMILES string of the molecule is CN(CC1CCN(c2ccccc2)C1)C(=O)c1cn2c(n1)CNCC2. The first-order chi connectivity index (χ1) is 12.2. The van der Waals surface area contributed by atoms with Gasteiger partial charge in [0.1, 0.15) is 11.5 Å². The summed E-state index contributed by atoms with van der Waals surface area (Å²) in [5.41, 5.74) is 1.84. The number of fused-ring (bicyclic) bond motifs is 1. The maximum absolute atomic E-state index is 12.7. The summed E-state index contributed by atoms with van der Waals surface area (Å²) in [6.07, 6.45) is 3.02. The molecule has 1 fully saturated rings. The zero-order chi connectivity index (χ0) is 17.2. The number of hydrogen-bond acceptors (Lipinski definition) is 4. The van der Waals surface area contributed by atoms with Crippen molar-refractivity contribution in [3.63, 3.8) is 0 Å². The van der Waals surface area contributed by atoms with Crippen LogP contribution in [0.4, 0.5) is 5.69 Å². The maximum Gasteiger partial charge on any atom is 0.273 e. The molecule has 0 bridgehead atoms. The first kappa shape index (κ1) is 16.1. The molecule has 1 atom stereocenters. The molecular formula is C19H25N5O. The number of carbonyl (C=O) groups excluding carboxylic acids is 1. The lowest BCUT2D eigenvalue weighted by Crippen LogP contribution is -2.33. The summed E-state index contributed by atoms with van der Waals surface area (Å²) in [6.45, 7) is 5.40. The zero-order valence-electron chi connectivity index (χ0n) is 14.7. The average Bonchev–Trinajstić information content (AvgIpc) is 3.28. The van der Waals surface area contributed by atoms with Crippen molar-refractivity contribution in [1.82, 2.24) is 19.8 Å². The van der Waals surface area contributed by atoms with Crippen molar-refractivity contribution in [3.05, 3.63) is 48.0 Å². The van der Waals surface area contributed by atoms with E-state index < -0.39 is 0 Å². The Labute approximate surface area is 148 Å². The third kappa shape index (κ3) is 3.39. The number of aromatic nitrogens is 2. The maximum atomic E-state index is 12.7. The third-order valence-corrected chi connectivity index (χ3v) is 5.18. The number of amides is 1. The quantitative estimate of drug-likeness (QED) is 0.919. The predicted octanol–water partition coefficient (Wildman–Crippen LogP) is 1.58. The second-order valence-corrected chi connectivity index (χ2v) is 7.03. The van der Waals surface area contributed by atoms with E-state index >= 15 is 0 Å². The summed E-state index contributed by atoms with van der Waals surface area (Å²) in [5, 5.41) is 3.29. The van der Waals surface area contributed by atoms with Gasteiger partial charge in [0.25, 0.3) is 5.91 Å². The Morgan fingerprint density at radius 2 is 2.16 bits per heavy atom. The van der Waals surface area contributed by atoms with Crippen molar-refractivity contribution < 1.29 is 4.79 Å². The van der Waals surface area contributed by atoms with Crippen molar-refractivity contribution in [2.24, 2.45) is 5.92 Å². The smallest absolute Gasteiger partial charge is 0.273 e. The Balaban J connectivity index is 1.36. The number of benzene rings is 1. The molecule has 0 radical (unpaired) electrons. The molecule has 0 aliphatic carbocycles. The molecule has 25 heavy (non-hydrogen) atoms. The van der Waals surface area contributed by atoms with E-state index in [4.69, 9.17) is 0 Å². The molecule has 132 valence electrons. The fraction of sp³-hybridized carbons (Fsp3) is 0.474. The van der Waals surface area contributed by atoms with Crippen molar-refractivity contribution in [1.29, 1.82) is 0 Å². The van der Waals surface area contributed by atoms with Crippen LogP contribution < -0.4 is 10.2 Å². The molecule has 1 N–H and O–H groups in total. The summed E-state index contributed by atoms with van der Waals surface area (Å²) in [7, 11) is 1.89. The molecule has 1 amide bonds. The Bertz CT molecular complexity index is 718. The standard InChI is InChI=1S/C19H25N5O/c1-22(19(25)17-14-24-10-8-20-11-18(24)21-17)12-15-7-9-23(13-15)16-5-3-2-4-6-16/h2-6,14-15,20H,7-13H2,1H3. The van der Waals surface area contributed by atoms with Crippen LogP contribution in [0.15, 0.2) is 36.5 Å². The van der Waals surface area contributed by atoms with Gasteiger partial charge in [-0.3, -0.25) is 4.79 Å². The second kappa shape index (κ2) is 6.88. The van der Waals surface area contributed by atoms with Gasteiger partial charge in [-0.05, 0) is 24.5 Å². The number of para-hydroxylation sites is 1. The van der Waals surface area contributed by atoms with E-state index in [0.717, 1.165) is 51.5 Å². The first-order valence-corrected chi connectivity index (χ1v) is 9.03. The highest BCUT2D eigenvalue weighted by Gasteiger charge is 2.26. The van der Waals surface area contributed by atoms with E-state index in [9.17, 15) is 4.79 Å². The van der Waals surface area contributed by atoms with Crippen LogP contribution in [0.1, 0.15) is 22.7 Å². The van der Waals surface area contributed by atoms with Crippen LogP contribution in [0.3, 0.4) is 0 Å². The predicted molar refractivity (Wildman–Crippen MR) is 97.7 cm³/mol. The molecule has 0 saturated carbocycles. The normalized spacial score (nSPS) is 19.7. The Morgan fingerprint density at radius 3 is 2.96 bits per heavy atom. The molecule has 0 spiro atoms. The molecule has 1 unspecified atom stereocenters. The van der Waals surface area contributed by atoms with Crippen LogP contribution in [-0.4, -0.2) is 53.6 Å². The molecule has 6 nitrogen and oxygen atoms in total. The topological polar surface area (TPSA) is 53.4 Å². The number of hydrogen-bond donors (Lipinski definition) is 1. The van der Waals surface area contributed by atoms with Crippen LogP contribution in [0.25, 0.3) is 0 Å². The Morgan fingerprint density at radius 1 is 1.32 bits per heavy atom. The van der Waals surface area contributed by atoms with Crippen molar-refractivity contribution in [2.75, 3.05) is 38.1 Å². The van der Waals surface area contributed by atoms with Crippen LogP contribution in [0.2, 0.25) is 0 Å². The van der Waals surface area contributed by atoms with E-state index in [1.165, 1.54) is 5.69 Å². The van der Waals surface area contributed by atoms with E-state index in [-0.39, 0.29) is 5.91 Å². The van der Waals surface area contributed by atoms with Gasteiger partial charge in [0.2, 0.25) is 0 Å². The molecule has 2 aromatic rings. The minimum atomic E-state index is 0.0278. The highest BCUT2D eigenvalue weighted by molar-refractivity contribution is 5.92. The van der Waals surface area contributed by atoms with E-state index in [1.807, 2.05) is 24.2 Å². The molecule has 6 heteroatoms. The fourth-order valence-corrected chi connectivity index (χ4v) is 3.81. The lowest BCUT2D eigenvalue weighted by Gasteiger charge is -2.22. The molecule has 1 aromatic heterocycles. The van der Waals surface area contributed by atoms with Gasteiger partial charge in [-0.25, -0.2) is 4.98 Å². The van der Waals surface area contributed by atoms with Gasteiger partial charge in [0, 0.05) is 51.7 Å². The third-order valence-electron chi connectivity index (χ3n) is 5.18. The molecule has 1 saturated heterocycles. The van der Waals surface area contributed by atoms with Gasteiger partial charge in [0.05, 0.1) is 6.54 Å². The van der Waals surface area contributed by atoms with E-state index in [0.29, 0.717) is 11.6 Å². The van der Waals surface area contributed by atoms with Gasteiger partial charge in [-0.15, -0.1) is 0 Å². The Kier molecular flexibility index (Phi) is 4.44. The summed E-state index contributed by atoms with van der Waals surface area (Å²) in [5.74, 6) is 1.49. The fourth-order valence-electron chi connectivity index (χ4n) is 3.81. The summed E-state index contributed by atoms with van der Waals surface area (Å²) in [4.78, 5) is 21.5. The number of nitrogens with one attached hydrogen (secondary N) is 1. The summed E-state index contributed by atoms with van der Waals surface area (Å²) >= 11 is 0. The number of anilines is 1. The largest absolute Gasteiger partial charge is 0.371 e. The van der Waals surface area contributed by atoms with Crippen LogP contribution >= 0.6 is 0 Å². The number of nitrogens with zero attached hydrogens (tertiary/aromatic N) is 4. The minimum Gasteiger partial charge on any atom is -0.371 e. The van der Waals surface area contributed by atoms with E-state index in [1.54, 1.807) is 0 Å². The summed E-state index contributed by atoms with van der Waals surface area (Å²) < 4.78 is 2.09. The van der Waals surface area contributed by atoms with Gasteiger partial charge < -0.3 is 19.7 Å². The van der Waals surface area contributed by atoms with Gasteiger partial charge >= 0.3 is 0 Å². The molecule has 1 aromatic carbocycles. The molecule has 3 heterocycles. The first-order valence-electron chi connectivity index (χ1n) is 9.03. The lowest BCUT2D eigenvalue weighted by molar-refractivity contribution is 0.0771. The number of carbonyl (C=O) groups is 1. The van der Waals surface area contributed by atoms with Crippen LogP contribution in [0.5, 0.6) is 0 Å². The molecule has 2 aliphatic heterocycles. The Hall–Kier alpha value is -2.34. The van der Waals surface area contributed by atoms with Gasteiger partial charge in [-0.2, -0.15) is 0 Å². The second-order valence-electron chi connectivity index (χ2n) is 7.03. The summed E-state index contributed by atoms with van der Waals surface area (Å²) in [6, 6.07) is 10.5. The lowest BCUT2D eigenvalue weighted by atomic mass is 10.1. The average molecular weight is 339 g/mol. The molecule has 4 rings (SSSR count). The van der Waals surface area contributed by atoms with E-state index in [2.05, 4.69) is 44.0 Å². The van der Waals surface area contributed by atoms with Gasteiger partial charge in [0.15, 0.2) is 0 Å². The monoisotopic (exact) mass is 339 g/mol. The molecule has 2 aliphatic rings. The van der Waals surface area contributed by atoms with Crippen LogP contribution in [-0.2, 0) is 13.1 Å².